The number of benzene rings is 1. The van der Waals surface area contributed by atoms with Gasteiger partial charge in [0.05, 0.1) is 20.4 Å². The highest BCUT2D eigenvalue weighted by atomic mass is 19.3. The van der Waals surface area contributed by atoms with Crippen LogP contribution in [0, 0.1) is 0 Å². The van der Waals surface area contributed by atoms with Gasteiger partial charge in [-0.1, -0.05) is 0 Å². The first-order valence-corrected chi connectivity index (χ1v) is 5.41. The summed E-state index contributed by atoms with van der Waals surface area (Å²) in [5, 5.41) is 6.32. The molecule has 0 radical (unpaired) electrons. The number of nitrogen functional groups attached to an aromatic ring is 1. The van der Waals surface area contributed by atoms with Crippen molar-refractivity contribution in [3.8, 4) is 22.6 Å². The molecule has 0 saturated carbocycles. The number of aromatic nitrogens is 2. The molecule has 1 aromatic carbocycles. The molecule has 0 saturated heterocycles. The van der Waals surface area contributed by atoms with Gasteiger partial charge in [-0.15, -0.1) is 0 Å². The molecule has 0 aliphatic heterocycles. The Bertz CT molecular complexity index is 584. The minimum absolute atomic E-state index is 0.173. The zero-order chi connectivity index (χ0) is 14.0. The topological polar surface area (TPSA) is 73.2 Å². The van der Waals surface area contributed by atoms with Crippen molar-refractivity contribution in [2.75, 3.05) is 20.0 Å². The number of nitrogens with zero attached hydrogens (tertiary/aromatic N) is 1. The highest BCUT2D eigenvalue weighted by Crippen LogP contribution is 2.42. The summed E-state index contributed by atoms with van der Waals surface area (Å²) in [5.74, 6) is 0.822. The third-order valence-corrected chi connectivity index (χ3v) is 2.71. The van der Waals surface area contributed by atoms with Crippen molar-refractivity contribution >= 4 is 5.82 Å². The molecule has 0 fully saturated rings. The number of anilines is 1. The molecule has 19 heavy (non-hydrogen) atoms. The number of hydrogen-bond donors (Lipinski definition) is 2. The normalized spacial score (nSPS) is 10.8. The smallest absolute Gasteiger partial charge is 0.264 e. The SMILES string of the molecule is COc1cc(C(F)F)cc(-c2cn[nH]c2N)c1OC. The van der Waals surface area contributed by atoms with Gasteiger partial charge in [-0.3, -0.25) is 5.10 Å². The van der Waals surface area contributed by atoms with E-state index in [0.717, 1.165) is 0 Å². The van der Waals surface area contributed by atoms with Crippen LogP contribution >= 0.6 is 0 Å². The number of nitrogens with two attached hydrogens (primary N) is 1. The van der Waals surface area contributed by atoms with E-state index >= 15 is 0 Å². The molecule has 5 nitrogen and oxygen atoms in total. The molecule has 0 atom stereocenters. The van der Waals surface area contributed by atoms with Crippen molar-refractivity contribution in [1.29, 1.82) is 0 Å². The van der Waals surface area contributed by atoms with Gasteiger partial charge in [0, 0.05) is 16.7 Å². The fraction of sp³-hybridized carbons (Fsp3) is 0.250. The Balaban J connectivity index is 2.70. The fourth-order valence-corrected chi connectivity index (χ4v) is 1.82. The van der Waals surface area contributed by atoms with Gasteiger partial charge in [0.1, 0.15) is 5.82 Å². The lowest BCUT2D eigenvalue weighted by Gasteiger charge is -2.14. The van der Waals surface area contributed by atoms with Crippen LogP contribution in [-0.4, -0.2) is 24.4 Å². The van der Waals surface area contributed by atoms with Crippen LogP contribution < -0.4 is 15.2 Å². The first kappa shape index (κ1) is 13.1. The lowest BCUT2D eigenvalue weighted by atomic mass is 10.0. The van der Waals surface area contributed by atoms with E-state index in [-0.39, 0.29) is 17.1 Å². The Morgan fingerprint density at radius 1 is 1.21 bits per heavy atom. The first-order valence-electron chi connectivity index (χ1n) is 5.41. The third-order valence-electron chi connectivity index (χ3n) is 2.71. The summed E-state index contributed by atoms with van der Waals surface area (Å²) in [5.41, 5.74) is 6.43. The van der Waals surface area contributed by atoms with Crippen molar-refractivity contribution < 1.29 is 18.3 Å². The molecule has 2 aromatic rings. The zero-order valence-corrected chi connectivity index (χ0v) is 10.4. The van der Waals surface area contributed by atoms with Crippen molar-refractivity contribution in [2.45, 2.75) is 6.43 Å². The number of ether oxygens (including phenoxy) is 2. The molecular formula is C12H13F2N3O2. The lowest BCUT2D eigenvalue weighted by Crippen LogP contribution is -1.97. The van der Waals surface area contributed by atoms with E-state index < -0.39 is 6.43 Å². The zero-order valence-electron chi connectivity index (χ0n) is 10.4. The Morgan fingerprint density at radius 2 is 1.95 bits per heavy atom. The second-order valence-corrected chi connectivity index (χ2v) is 3.80. The average Bonchev–Trinajstić information content (AvgIpc) is 2.82. The number of hydrogen-bond acceptors (Lipinski definition) is 4. The van der Waals surface area contributed by atoms with E-state index in [9.17, 15) is 8.78 Å². The van der Waals surface area contributed by atoms with Crippen LogP contribution in [0.15, 0.2) is 18.3 Å². The maximum absolute atomic E-state index is 12.9. The molecule has 0 spiro atoms. The van der Waals surface area contributed by atoms with E-state index in [4.69, 9.17) is 15.2 Å². The third kappa shape index (κ3) is 2.31. The second-order valence-electron chi connectivity index (χ2n) is 3.80. The van der Waals surface area contributed by atoms with Gasteiger partial charge in [0.2, 0.25) is 0 Å². The lowest BCUT2D eigenvalue weighted by molar-refractivity contribution is 0.151. The molecule has 2 rings (SSSR count). The van der Waals surface area contributed by atoms with E-state index in [2.05, 4.69) is 10.2 Å². The maximum atomic E-state index is 12.9. The van der Waals surface area contributed by atoms with Crippen LogP contribution in [-0.2, 0) is 0 Å². The molecule has 7 heteroatoms. The van der Waals surface area contributed by atoms with Gasteiger partial charge >= 0.3 is 0 Å². The van der Waals surface area contributed by atoms with Crippen LogP contribution in [0.25, 0.3) is 11.1 Å². The van der Waals surface area contributed by atoms with Crippen LogP contribution in [0.1, 0.15) is 12.0 Å². The molecule has 0 bridgehead atoms. The minimum Gasteiger partial charge on any atom is -0.493 e. The Morgan fingerprint density at radius 3 is 2.42 bits per heavy atom. The van der Waals surface area contributed by atoms with Crippen LogP contribution in [0.3, 0.4) is 0 Å². The summed E-state index contributed by atoms with van der Waals surface area (Å²) in [6.45, 7) is 0. The van der Waals surface area contributed by atoms with Gasteiger partial charge in [-0.25, -0.2) is 8.78 Å². The second kappa shape index (κ2) is 5.13. The van der Waals surface area contributed by atoms with Gasteiger partial charge in [0.15, 0.2) is 11.5 Å². The van der Waals surface area contributed by atoms with E-state index in [1.807, 2.05) is 0 Å². The monoisotopic (exact) mass is 269 g/mol. The Labute approximate surface area is 108 Å². The summed E-state index contributed by atoms with van der Waals surface area (Å²) in [7, 11) is 2.81. The molecule has 102 valence electrons. The van der Waals surface area contributed by atoms with Crippen molar-refractivity contribution in [3.63, 3.8) is 0 Å². The summed E-state index contributed by atoms with van der Waals surface area (Å²) < 4.78 is 36.1. The number of rotatable bonds is 4. The molecule has 0 unspecified atom stereocenters. The molecule has 0 amide bonds. The van der Waals surface area contributed by atoms with Crippen molar-refractivity contribution in [1.82, 2.24) is 10.2 Å². The molecule has 3 N–H and O–H groups in total. The van der Waals surface area contributed by atoms with E-state index in [0.29, 0.717) is 16.9 Å². The summed E-state index contributed by atoms with van der Waals surface area (Å²) in [4.78, 5) is 0. The minimum atomic E-state index is -2.62. The summed E-state index contributed by atoms with van der Waals surface area (Å²) in [6, 6.07) is 2.55. The summed E-state index contributed by atoms with van der Waals surface area (Å²) >= 11 is 0. The number of nitrogens with one attached hydrogen (secondary N) is 1. The van der Waals surface area contributed by atoms with Crippen LogP contribution in [0.5, 0.6) is 11.5 Å². The van der Waals surface area contributed by atoms with Crippen LogP contribution in [0.2, 0.25) is 0 Å². The number of halogens is 2. The van der Waals surface area contributed by atoms with Gasteiger partial charge < -0.3 is 15.2 Å². The Hall–Kier alpha value is -2.31. The van der Waals surface area contributed by atoms with Gasteiger partial charge in [-0.05, 0) is 12.1 Å². The molecule has 1 heterocycles. The number of alkyl halides is 2. The predicted octanol–water partition coefficient (Wildman–Crippen LogP) is 2.61. The molecule has 0 aliphatic rings. The standard InChI is InChI=1S/C12H13F2N3O2/c1-18-9-4-6(11(13)14)3-7(10(9)19-2)8-5-16-17-12(8)15/h3-5,11H,1-2H3,(H3,15,16,17). The highest BCUT2D eigenvalue weighted by molar-refractivity contribution is 5.80. The Kier molecular flexibility index (Phi) is 3.55. The van der Waals surface area contributed by atoms with Crippen molar-refractivity contribution in [2.24, 2.45) is 0 Å². The molecule has 0 aliphatic carbocycles. The van der Waals surface area contributed by atoms with Crippen molar-refractivity contribution in [3.05, 3.63) is 23.9 Å². The largest absolute Gasteiger partial charge is 0.493 e. The highest BCUT2D eigenvalue weighted by Gasteiger charge is 2.20. The summed E-state index contributed by atoms with van der Waals surface area (Å²) in [6.07, 6.45) is -1.17. The maximum Gasteiger partial charge on any atom is 0.264 e. The van der Waals surface area contributed by atoms with Gasteiger partial charge in [-0.2, -0.15) is 5.10 Å². The first-order chi connectivity index (χ1) is 9.08. The number of aromatic amines is 1. The fourth-order valence-electron chi connectivity index (χ4n) is 1.82. The molecular weight excluding hydrogens is 256 g/mol. The van der Waals surface area contributed by atoms with E-state index in [1.54, 1.807) is 0 Å². The molecule has 1 aromatic heterocycles. The number of H-pyrrole nitrogens is 1. The van der Waals surface area contributed by atoms with E-state index in [1.165, 1.54) is 32.5 Å². The van der Waals surface area contributed by atoms with Gasteiger partial charge in [0.25, 0.3) is 6.43 Å². The predicted molar refractivity (Wildman–Crippen MR) is 66.5 cm³/mol. The quantitative estimate of drug-likeness (QED) is 0.894. The number of methoxy groups -OCH3 is 2. The van der Waals surface area contributed by atoms with Crippen LogP contribution in [0.4, 0.5) is 14.6 Å². The average molecular weight is 269 g/mol.